The molecule has 0 aliphatic heterocycles. The van der Waals surface area contributed by atoms with Crippen LogP contribution in [0.3, 0.4) is 0 Å². The van der Waals surface area contributed by atoms with Crippen LogP contribution in [0.25, 0.3) is 0 Å². The lowest BCUT2D eigenvalue weighted by Crippen LogP contribution is -2.40. The molecule has 1 saturated carbocycles. The van der Waals surface area contributed by atoms with E-state index in [0.29, 0.717) is 6.54 Å². The van der Waals surface area contributed by atoms with Crippen molar-refractivity contribution in [2.75, 3.05) is 20.1 Å². The summed E-state index contributed by atoms with van der Waals surface area (Å²) in [5, 5.41) is 8.47. The molecular weight excluding hydrogens is 172 g/mol. The zero-order chi connectivity index (χ0) is 10.1. The van der Waals surface area contributed by atoms with Crippen molar-refractivity contribution in [1.82, 2.24) is 4.90 Å². The molecule has 1 amide bonds. The van der Waals surface area contributed by atoms with E-state index in [0.717, 1.165) is 12.8 Å². The van der Waals surface area contributed by atoms with E-state index in [1.165, 1.54) is 11.9 Å². The fourth-order valence-electron chi connectivity index (χ4n) is 1.34. The monoisotopic (exact) mass is 186 g/mol. The zero-order valence-electron chi connectivity index (χ0n) is 7.62. The molecule has 0 radical (unpaired) electrons. The number of likely N-dealkylation sites (N-methyl/N-ethyl adjacent to an activating group) is 1. The summed E-state index contributed by atoms with van der Waals surface area (Å²) in [6, 6.07) is 0. The summed E-state index contributed by atoms with van der Waals surface area (Å²) in [7, 11) is 1.49. The quantitative estimate of drug-likeness (QED) is 0.606. The van der Waals surface area contributed by atoms with Gasteiger partial charge in [-0.2, -0.15) is 0 Å². The first-order chi connectivity index (χ1) is 6.02. The Labute approximate surface area is 76.5 Å². The lowest BCUT2D eigenvalue weighted by Gasteiger charge is -2.20. The Kier molecular flexibility index (Phi) is 2.56. The Hall–Kier alpha value is -1.10. The molecule has 0 spiro atoms. The summed E-state index contributed by atoms with van der Waals surface area (Å²) >= 11 is 0. The second-order valence-corrected chi connectivity index (χ2v) is 3.54. The summed E-state index contributed by atoms with van der Waals surface area (Å²) < 4.78 is 0. The standard InChI is InChI=1S/C8H14N2O3/c1-10(4-6(11)12)7(13)8(5-9)2-3-8/h2-5,9H2,1H3,(H,11,12). The van der Waals surface area contributed by atoms with E-state index >= 15 is 0 Å². The second-order valence-electron chi connectivity index (χ2n) is 3.54. The number of nitrogens with two attached hydrogens (primary N) is 1. The van der Waals surface area contributed by atoms with Gasteiger partial charge in [0, 0.05) is 13.6 Å². The number of hydrogen-bond donors (Lipinski definition) is 2. The third-order valence-electron chi connectivity index (χ3n) is 2.42. The highest BCUT2D eigenvalue weighted by atomic mass is 16.4. The molecule has 1 aliphatic rings. The fourth-order valence-corrected chi connectivity index (χ4v) is 1.34. The molecule has 5 nitrogen and oxygen atoms in total. The van der Waals surface area contributed by atoms with Crippen LogP contribution in [0.2, 0.25) is 0 Å². The average Bonchev–Trinajstić information content (AvgIpc) is 2.82. The Morgan fingerprint density at radius 3 is 2.38 bits per heavy atom. The van der Waals surface area contributed by atoms with Gasteiger partial charge in [-0.3, -0.25) is 9.59 Å². The minimum atomic E-state index is -0.997. The SMILES string of the molecule is CN(CC(=O)O)C(=O)C1(CN)CC1. The summed E-state index contributed by atoms with van der Waals surface area (Å²) in [4.78, 5) is 23.1. The molecule has 0 heterocycles. The molecule has 0 atom stereocenters. The average molecular weight is 186 g/mol. The maximum atomic E-state index is 11.6. The molecule has 13 heavy (non-hydrogen) atoms. The van der Waals surface area contributed by atoms with E-state index < -0.39 is 11.4 Å². The predicted octanol–water partition coefficient (Wildman–Crippen LogP) is -0.732. The number of rotatable bonds is 4. The van der Waals surface area contributed by atoms with Gasteiger partial charge in [-0.25, -0.2) is 0 Å². The van der Waals surface area contributed by atoms with Gasteiger partial charge in [0.05, 0.1) is 5.41 Å². The number of nitrogens with zero attached hydrogens (tertiary/aromatic N) is 1. The van der Waals surface area contributed by atoms with Crippen LogP contribution >= 0.6 is 0 Å². The molecule has 0 aromatic heterocycles. The third-order valence-corrected chi connectivity index (χ3v) is 2.42. The normalized spacial score (nSPS) is 18.0. The maximum absolute atomic E-state index is 11.6. The molecule has 0 unspecified atom stereocenters. The summed E-state index contributed by atoms with van der Waals surface area (Å²) in [5.74, 6) is -1.14. The molecule has 1 fully saturated rings. The van der Waals surface area contributed by atoms with Gasteiger partial charge in [0.1, 0.15) is 6.54 Å². The first-order valence-electron chi connectivity index (χ1n) is 4.19. The van der Waals surface area contributed by atoms with Crippen LogP contribution in [-0.2, 0) is 9.59 Å². The van der Waals surface area contributed by atoms with Crippen molar-refractivity contribution in [3.8, 4) is 0 Å². The third kappa shape index (κ3) is 1.98. The minimum Gasteiger partial charge on any atom is -0.480 e. The number of hydrogen-bond acceptors (Lipinski definition) is 3. The Bertz CT molecular complexity index is 236. The predicted molar refractivity (Wildman–Crippen MR) is 46.0 cm³/mol. The number of carbonyl (C=O) groups is 2. The van der Waals surface area contributed by atoms with Crippen LogP contribution in [0, 0.1) is 5.41 Å². The molecule has 0 saturated heterocycles. The van der Waals surface area contributed by atoms with Crippen LogP contribution in [0.5, 0.6) is 0 Å². The van der Waals surface area contributed by atoms with E-state index in [1.807, 2.05) is 0 Å². The van der Waals surface area contributed by atoms with E-state index in [4.69, 9.17) is 10.8 Å². The summed E-state index contributed by atoms with van der Waals surface area (Å²) in [6.45, 7) is 0.0658. The lowest BCUT2D eigenvalue weighted by atomic mass is 10.1. The van der Waals surface area contributed by atoms with Gasteiger partial charge in [-0.05, 0) is 12.8 Å². The first kappa shape index (κ1) is 9.98. The van der Waals surface area contributed by atoms with Gasteiger partial charge in [-0.1, -0.05) is 0 Å². The summed E-state index contributed by atoms with van der Waals surface area (Å²) in [6.07, 6.45) is 1.57. The van der Waals surface area contributed by atoms with Gasteiger partial charge in [0.2, 0.25) is 5.91 Å². The molecule has 0 aromatic carbocycles. The van der Waals surface area contributed by atoms with Gasteiger partial charge in [0.25, 0.3) is 0 Å². The number of carboxylic acids is 1. The molecule has 1 aliphatic carbocycles. The number of carboxylic acid groups (broad SMARTS) is 1. The van der Waals surface area contributed by atoms with Crippen molar-refractivity contribution in [2.24, 2.45) is 11.1 Å². The van der Waals surface area contributed by atoms with E-state index in [2.05, 4.69) is 0 Å². The van der Waals surface area contributed by atoms with Crippen molar-refractivity contribution >= 4 is 11.9 Å². The van der Waals surface area contributed by atoms with Crippen LogP contribution in [0.4, 0.5) is 0 Å². The van der Waals surface area contributed by atoms with Gasteiger partial charge in [0.15, 0.2) is 0 Å². The van der Waals surface area contributed by atoms with Crippen LogP contribution in [0.1, 0.15) is 12.8 Å². The Morgan fingerprint density at radius 2 is 2.08 bits per heavy atom. The Morgan fingerprint density at radius 1 is 1.54 bits per heavy atom. The van der Waals surface area contributed by atoms with Crippen LogP contribution in [-0.4, -0.2) is 42.0 Å². The highest BCUT2D eigenvalue weighted by Crippen LogP contribution is 2.45. The van der Waals surface area contributed by atoms with Crippen molar-refractivity contribution < 1.29 is 14.7 Å². The van der Waals surface area contributed by atoms with Gasteiger partial charge in [-0.15, -0.1) is 0 Å². The highest BCUT2D eigenvalue weighted by Gasteiger charge is 2.49. The van der Waals surface area contributed by atoms with E-state index in [1.54, 1.807) is 0 Å². The highest BCUT2D eigenvalue weighted by molar-refractivity contribution is 5.88. The maximum Gasteiger partial charge on any atom is 0.323 e. The first-order valence-corrected chi connectivity index (χ1v) is 4.19. The van der Waals surface area contributed by atoms with Gasteiger partial charge < -0.3 is 15.7 Å². The fraction of sp³-hybridized carbons (Fsp3) is 0.750. The number of amides is 1. The molecule has 0 aromatic rings. The van der Waals surface area contributed by atoms with Crippen molar-refractivity contribution in [2.45, 2.75) is 12.8 Å². The molecule has 74 valence electrons. The molecule has 3 N–H and O–H groups in total. The largest absolute Gasteiger partial charge is 0.480 e. The topological polar surface area (TPSA) is 83.6 Å². The van der Waals surface area contributed by atoms with Crippen molar-refractivity contribution in [3.63, 3.8) is 0 Å². The Balaban J connectivity index is 2.52. The smallest absolute Gasteiger partial charge is 0.323 e. The second kappa shape index (κ2) is 3.33. The number of aliphatic carboxylic acids is 1. The molecule has 0 bridgehead atoms. The van der Waals surface area contributed by atoms with Crippen molar-refractivity contribution in [1.29, 1.82) is 0 Å². The van der Waals surface area contributed by atoms with Crippen LogP contribution < -0.4 is 5.73 Å². The number of carbonyl (C=O) groups excluding carboxylic acids is 1. The zero-order valence-corrected chi connectivity index (χ0v) is 7.62. The van der Waals surface area contributed by atoms with E-state index in [9.17, 15) is 9.59 Å². The molecule has 5 heteroatoms. The van der Waals surface area contributed by atoms with Crippen molar-refractivity contribution in [3.05, 3.63) is 0 Å². The molecule has 1 rings (SSSR count). The van der Waals surface area contributed by atoms with E-state index in [-0.39, 0.29) is 12.5 Å². The minimum absolute atomic E-state index is 0.141. The van der Waals surface area contributed by atoms with Gasteiger partial charge >= 0.3 is 5.97 Å². The molecular formula is C8H14N2O3. The lowest BCUT2D eigenvalue weighted by molar-refractivity contribution is -0.145. The summed E-state index contributed by atoms with van der Waals surface area (Å²) in [5.41, 5.74) is 5.00. The van der Waals surface area contributed by atoms with Crippen LogP contribution in [0.15, 0.2) is 0 Å².